The Morgan fingerprint density at radius 3 is 2.89 bits per heavy atom. The van der Waals surface area contributed by atoms with Gasteiger partial charge in [0.2, 0.25) is 6.79 Å². The summed E-state index contributed by atoms with van der Waals surface area (Å²) >= 11 is 6.42. The molecular formula is C19H16ClN3O4. The molecule has 0 amide bonds. The largest absolute Gasteiger partial charge is 0.461 e. The molecule has 1 N–H and O–H groups in total. The fourth-order valence-electron chi connectivity index (χ4n) is 2.94. The third-order valence-electron chi connectivity index (χ3n) is 4.19. The summed E-state index contributed by atoms with van der Waals surface area (Å²) in [5.74, 6) is 0.763. The van der Waals surface area contributed by atoms with Crippen LogP contribution in [0, 0.1) is 0 Å². The molecule has 1 aromatic carbocycles. The van der Waals surface area contributed by atoms with Crippen LogP contribution < -0.4 is 9.47 Å². The van der Waals surface area contributed by atoms with Gasteiger partial charge in [-0.1, -0.05) is 11.6 Å². The number of ether oxygens (including phenoxy) is 3. The number of fused-ring (bicyclic) bond motifs is 1. The van der Waals surface area contributed by atoms with Crippen LogP contribution in [0.15, 0.2) is 36.7 Å². The highest BCUT2D eigenvalue weighted by atomic mass is 35.5. The average Bonchev–Trinajstić information content (AvgIpc) is 3.29. The molecule has 7 nitrogen and oxygen atoms in total. The number of nitrogens with one attached hydrogen (secondary N) is 1. The van der Waals surface area contributed by atoms with Crippen molar-refractivity contribution in [2.75, 3.05) is 13.4 Å². The Hall–Kier alpha value is -3.06. The van der Waals surface area contributed by atoms with Gasteiger partial charge in [0.05, 0.1) is 12.3 Å². The minimum Gasteiger partial charge on any atom is -0.461 e. The van der Waals surface area contributed by atoms with Gasteiger partial charge in [0.25, 0.3) is 0 Å². The summed E-state index contributed by atoms with van der Waals surface area (Å²) < 4.78 is 15.9. The summed E-state index contributed by atoms with van der Waals surface area (Å²) in [7, 11) is 0. The van der Waals surface area contributed by atoms with Crippen LogP contribution in [0.1, 0.15) is 28.5 Å². The average molecular weight is 386 g/mol. The van der Waals surface area contributed by atoms with Crippen molar-refractivity contribution in [2.24, 2.45) is 0 Å². The molecule has 0 aliphatic carbocycles. The monoisotopic (exact) mass is 385 g/mol. The number of halogens is 1. The van der Waals surface area contributed by atoms with Crippen molar-refractivity contribution < 1.29 is 19.0 Å². The van der Waals surface area contributed by atoms with Gasteiger partial charge < -0.3 is 14.2 Å². The first-order valence-corrected chi connectivity index (χ1v) is 8.78. The van der Waals surface area contributed by atoms with Crippen LogP contribution in [0.4, 0.5) is 0 Å². The lowest BCUT2D eigenvalue weighted by atomic mass is 9.99. The van der Waals surface area contributed by atoms with Gasteiger partial charge in [0, 0.05) is 41.0 Å². The van der Waals surface area contributed by atoms with E-state index in [1.807, 2.05) is 18.2 Å². The fraction of sp³-hybridized carbons (Fsp3) is 0.211. The van der Waals surface area contributed by atoms with Crippen LogP contribution in [0.25, 0.3) is 11.3 Å². The number of pyridine rings is 1. The number of benzene rings is 1. The number of carbonyl (C=O) groups is 1. The van der Waals surface area contributed by atoms with E-state index < -0.39 is 5.97 Å². The van der Waals surface area contributed by atoms with Gasteiger partial charge in [-0.2, -0.15) is 5.10 Å². The summed E-state index contributed by atoms with van der Waals surface area (Å²) in [6, 6.07) is 7.22. The minimum absolute atomic E-state index is 0.163. The molecule has 4 rings (SSSR count). The Morgan fingerprint density at radius 2 is 2.15 bits per heavy atom. The number of H-pyrrole nitrogens is 1. The molecule has 0 saturated heterocycles. The Balaban J connectivity index is 1.78. The second kappa shape index (κ2) is 7.28. The van der Waals surface area contributed by atoms with Crippen molar-refractivity contribution in [1.82, 2.24) is 15.2 Å². The number of hydrogen-bond donors (Lipinski definition) is 1. The van der Waals surface area contributed by atoms with Gasteiger partial charge in [0.15, 0.2) is 11.5 Å². The van der Waals surface area contributed by atoms with Crippen molar-refractivity contribution >= 4 is 17.6 Å². The van der Waals surface area contributed by atoms with Crippen LogP contribution in [0.3, 0.4) is 0 Å². The predicted molar refractivity (Wildman–Crippen MR) is 98.2 cm³/mol. The van der Waals surface area contributed by atoms with Crippen LogP contribution in [0.5, 0.6) is 11.5 Å². The number of nitrogens with zero attached hydrogens (tertiary/aromatic N) is 2. The second-order valence-electron chi connectivity index (χ2n) is 5.86. The zero-order chi connectivity index (χ0) is 18.8. The molecule has 0 spiro atoms. The first-order chi connectivity index (χ1) is 13.2. The third kappa shape index (κ3) is 3.33. The smallest absolute Gasteiger partial charge is 0.356 e. The Bertz CT molecular complexity index is 988. The SMILES string of the molecule is CCOC(=O)c1[nH]nc(-c2cccnc2)c1Cc1cc2c(cc1Cl)OCO2. The summed E-state index contributed by atoms with van der Waals surface area (Å²) in [5, 5.41) is 7.64. The highest BCUT2D eigenvalue weighted by Gasteiger charge is 2.24. The van der Waals surface area contributed by atoms with E-state index in [4.69, 9.17) is 25.8 Å². The van der Waals surface area contributed by atoms with Gasteiger partial charge in [-0.25, -0.2) is 4.79 Å². The lowest BCUT2D eigenvalue weighted by Crippen LogP contribution is -2.08. The number of hydrogen-bond acceptors (Lipinski definition) is 6. The molecule has 0 saturated carbocycles. The van der Waals surface area contributed by atoms with Crippen molar-refractivity contribution in [3.8, 4) is 22.8 Å². The minimum atomic E-state index is -0.466. The lowest BCUT2D eigenvalue weighted by Gasteiger charge is -2.09. The van der Waals surface area contributed by atoms with Gasteiger partial charge in [-0.3, -0.25) is 10.1 Å². The van der Waals surface area contributed by atoms with Gasteiger partial charge >= 0.3 is 5.97 Å². The quantitative estimate of drug-likeness (QED) is 0.675. The second-order valence-corrected chi connectivity index (χ2v) is 6.27. The zero-order valence-corrected chi connectivity index (χ0v) is 15.2. The Morgan fingerprint density at radius 1 is 1.33 bits per heavy atom. The van der Waals surface area contributed by atoms with Crippen LogP contribution >= 0.6 is 11.6 Å². The van der Waals surface area contributed by atoms with E-state index in [1.54, 1.807) is 25.4 Å². The number of esters is 1. The van der Waals surface area contributed by atoms with E-state index in [9.17, 15) is 4.79 Å². The molecule has 3 aromatic rings. The zero-order valence-electron chi connectivity index (χ0n) is 14.5. The number of aromatic nitrogens is 3. The maximum absolute atomic E-state index is 12.4. The lowest BCUT2D eigenvalue weighted by molar-refractivity contribution is 0.0518. The normalized spacial score (nSPS) is 12.2. The molecule has 8 heteroatoms. The van der Waals surface area contributed by atoms with E-state index in [0.29, 0.717) is 39.9 Å². The van der Waals surface area contributed by atoms with Crippen molar-refractivity contribution in [2.45, 2.75) is 13.3 Å². The molecule has 27 heavy (non-hydrogen) atoms. The number of aromatic amines is 1. The molecule has 0 unspecified atom stereocenters. The van der Waals surface area contributed by atoms with Crippen LogP contribution in [0.2, 0.25) is 5.02 Å². The van der Waals surface area contributed by atoms with Gasteiger partial charge in [0.1, 0.15) is 5.69 Å². The molecule has 1 aliphatic heterocycles. The summed E-state index contributed by atoms with van der Waals surface area (Å²) in [6.45, 7) is 2.19. The number of rotatable bonds is 5. The van der Waals surface area contributed by atoms with Crippen molar-refractivity contribution in [3.05, 3.63) is 58.5 Å². The molecular weight excluding hydrogens is 370 g/mol. The van der Waals surface area contributed by atoms with E-state index >= 15 is 0 Å². The summed E-state index contributed by atoms with van der Waals surface area (Å²) in [4.78, 5) is 16.5. The van der Waals surface area contributed by atoms with Gasteiger partial charge in [-0.05, 0) is 30.7 Å². The van der Waals surface area contributed by atoms with Crippen LogP contribution in [-0.4, -0.2) is 34.6 Å². The molecule has 3 heterocycles. The summed E-state index contributed by atoms with van der Waals surface area (Å²) in [5.41, 5.74) is 3.18. The summed E-state index contributed by atoms with van der Waals surface area (Å²) in [6.07, 6.45) is 3.73. The molecule has 2 aromatic heterocycles. The maximum atomic E-state index is 12.4. The van der Waals surface area contributed by atoms with E-state index in [-0.39, 0.29) is 13.4 Å². The standard InChI is InChI=1S/C19H16ClN3O4/c1-2-25-19(24)18-13(17(22-23-18)11-4-3-5-21-9-11)6-12-7-15-16(8-14(12)20)27-10-26-15/h3-5,7-9H,2,6,10H2,1H3,(H,22,23). The van der Waals surface area contributed by atoms with Crippen LogP contribution in [-0.2, 0) is 11.2 Å². The molecule has 0 radical (unpaired) electrons. The van der Waals surface area contributed by atoms with Gasteiger partial charge in [-0.15, -0.1) is 0 Å². The fourth-order valence-corrected chi connectivity index (χ4v) is 3.16. The molecule has 0 bridgehead atoms. The highest BCUT2D eigenvalue weighted by Crippen LogP contribution is 2.38. The van der Waals surface area contributed by atoms with E-state index in [0.717, 1.165) is 11.1 Å². The van der Waals surface area contributed by atoms with E-state index in [2.05, 4.69) is 15.2 Å². The first-order valence-electron chi connectivity index (χ1n) is 8.40. The Labute approximate surface area is 160 Å². The first kappa shape index (κ1) is 17.4. The highest BCUT2D eigenvalue weighted by molar-refractivity contribution is 6.31. The van der Waals surface area contributed by atoms with Crippen molar-refractivity contribution in [1.29, 1.82) is 0 Å². The predicted octanol–water partition coefficient (Wildman–Crippen LogP) is 3.62. The van der Waals surface area contributed by atoms with E-state index in [1.165, 1.54) is 0 Å². The third-order valence-corrected chi connectivity index (χ3v) is 4.54. The molecule has 1 aliphatic rings. The number of carbonyl (C=O) groups excluding carboxylic acids is 1. The van der Waals surface area contributed by atoms with Crippen molar-refractivity contribution in [3.63, 3.8) is 0 Å². The Kier molecular flexibility index (Phi) is 4.68. The molecule has 0 fully saturated rings. The topological polar surface area (TPSA) is 86.3 Å². The molecule has 138 valence electrons. The maximum Gasteiger partial charge on any atom is 0.356 e. The molecule has 0 atom stereocenters.